The first-order valence-electron chi connectivity index (χ1n) is 9.75. The van der Waals surface area contributed by atoms with Crippen LogP contribution in [-0.2, 0) is 14.4 Å². The number of rotatable bonds is 13. The lowest BCUT2D eigenvalue weighted by Crippen LogP contribution is -2.56. The Balaban J connectivity index is 5.01. The fourth-order valence-electron chi connectivity index (χ4n) is 2.95. The van der Waals surface area contributed by atoms with Crippen molar-refractivity contribution >= 4 is 17.6 Å². The van der Waals surface area contributed by atoms with Gasteiger partial charge < -0.3 is 27.2 Å². The number of hydrogen-bond donors (Lipinski definition) is 5. The lowest BCUT2D eigenvalue weighted by atomic mass is 9.93. The Hall–Kier alpha value is -1.51. The summed E-state index contributed by atoms with van der Waals surface area (Å²) in [7, 11) is 0. The fraction of sp³-hybridized carbons (Fsp3) is 0.842. The molecule has 0 aliphatic carbocycles. The van der Waals surface area contributed by atoms with Crippen molar-refractivity contribution in [3.63, 3.8) is 0 Å². The smallest absolute Gasteiger partial charge is 0.245 e. The summed E-state index contributed by atoms with van der Waals surface area (Å²) in [5, 5.41) is 15.1. The summed E-state index contributed by atoms with van der Waals surface area (Å²) in [5.74, 6) is -0.930. The molecule has 0 radical (unpaired) electrons. The van der Waals surface area contributed by atoms with E-state index < -0.39 is 24.1 Å². The van der Waals surface area contributed by atoms with Gasteiger partial charge in [-0.1, -0.05) is 27.7 Å². The number of aliphatic hydroxyl groups is 1. The first-order valence-corrected chi connectivity index (χ1v) is 9.75. The van der Waals surface area contributed by atoms with Crippen LogP contribution < -0.4 is 22.1 Å². The Bertz CT molecular complexity index is 480. The Morgan fingerprint density at radius 2 is 1.59 bits per heavy atom. The standard InChI is InChI=1S/C19H38N4O4/c1-11(2)8-14(10-21)9-16(25)23-17(13(5)24)19(27)22-15(6-7-20)18(26)12(3)4/h11-15,17,24H,6-10,20-21H2,1-5H3,(H,22,27)(H,23,25)/t13-,14-,15-,17-/m0/s1. The molecule has 27 heavy (non-hydrogen) atoms. The van der Waals surface area contributed by atoms with Crippen molar-refractivity contribution in [1.82, 2.24) is 10.6 Å². The van der Waals surface area contributed by atoms with Crippen molar-refractivity contribution in [3.05, 3.63) is 0 Å². The number of nitrogens with two attached hydrogens (primary N) is 2. The molecule has 0 aromatic carbocycles. The molecule has 158 valence electrons. The van der Waals surface area contributed by atoms with Gasteiger partial charge >= 0.3 is 0 Å². The van der Waals surface area contributed by atoms with Gasteiger partial charge in [-0.05, 0) is 44.7 Å². The Kier molecular flexibility index (Phi) is 12.1. The molecule has 8 heteroatoms. The van der Waals surface area contributed by atoms with Crippen molar-refractivity contribution in [2.24, 2.45) is 29.2 Å². The average Bonchev–Trinajstić information content (AvgIpc) is 2.56. The van der Waals surface area contributed by atoms with E-state index in [4.69, 9.17) is 11.5 Å². The molecular formula is C19H38N4O4. The highest BCUT2D eigenvalue weighted by Gasteiger charge is 2.30. The zero-order valence-corrected chi connectivity index (χ0v) is 17.3. The van der Waals surface area contributed by atoms with Gasteiger partial charge in [0.05, 0.1) is 12.1 Å². The fourth-order valence-corrected chi connectivity index (χ4v) is 2.95. The molecule has 0 bridgehead atoms. The summed E-state index contributed by atoms with van der Waals surface area (Å²) in [5.41, 5.74) is 11.3. The van der Waals surface area contributed by atoms with E-state index in [1.807, 2.05) is 0 Å². The van der Waals surface area contributed by atoms with Gasteiger partial charge in [0.1, 0.15) is 6.04 Å². The lowest BCUT2D eigenvalue weighted by molar-refractivity contribution is -0.134. The van der Waals surface area contributed by atoms with Crippen LogP contribution in [0.3, 0.4) is 0 Å². The molecule has 2 amide bonds. The van der Waals surface area contributed by atoms with Gasteiger partial charge in [0.15, 0.2) is 5.78 Å². The van der Waals surface area contributed by atoms with Crippen LogP contribution in [0.5, 0.6) is 0 Å². The van der Waals surface area contributed by atoms with Crippen LogP contribution >= 0.6 is 0 Å². The topological polar surface area (TPSA) is 148 Å². The second kappa shape index (κ2) is 12.8. The maximum atomic E-state index is 12.6. The highest BCUT2D eigenvalue weighted by Crippen LogP contribution is 2.14. The molecule has 0 aromatic heterocycles. The molecule has 0 fully saturated rings. The van der Waals surface area contributed by atoms with Gasteiger partial charge in [-0.15, -0.1) is 0 Å². The second-order valence-electron chi connectivity index (χ2n) is 7.92. The molecule has 0 unspecified atom stereocenters. The molecule has 0 aliphatic heterocycles. The number of ketones is 1. The van der Waals surface area contributed by atoms with E-state index in [9.17, 15) is 19.5 Å². The van der Waals surface area contributed by atoms with Gasteiger partial charge in [0.25, 0.3) is 0 Å². The van der Waals surface area contributed by atoms with Crippen LogP contribution in [-0.4, -0.2) is 54.0 Å². The van der Waals surface area contributed by atoms with E-state index in [1.165, 1.54) is 6.92 Å². The summed E-state index contributed by atoms with van der Waals surface area (Å²) >= 11 is 0. The van der Waals surface area contributed by atoms with Crippen LogP contribution in [0.2, 0.25) is 0 Å². The quantitative estimate of drug-likeness (QED) is 0.299. The molecule has 0 rings (SSSR count). The van der Waals surface area contributed by atoms with E-state index >= 15 is 0 Å². The first kappa shape index (κ1) is 25.5. The molecule has 0 aromatic rings. The number of hydrogen-bond acceptors (Lipinski definition) is 6. The molecule has 0 heterocycles. The van der Waals surface area contributed by atoms with Crippen molar-refractivity contribution in [1.29, 1.82) is 0 Å². The van der Waals surface area contributed by atoms with Crippen LogP contribution in [0, 0.1) is 17.8 Å². The maximum absolute atomic E-state index is 12.6. The predicted molar refractivity (Wildman–Crippen MR) is 106 cm³/mol. The zero-order valence-electron chi connectivity index (χ0n) is 17.3. The molecule has 4 atom stereocenters. The molecule has 0 aliphatic rings. The number of amides is 2. The SMILES string of the molecule is CC(C)C[C@H](CN)CC(=O)N[C@H](C(=O)N[C@@H](CCN)C(=O)C(C)C)[C@H](C)O. The molecule has 7 N–H and O–H groups in total. The van der Waals surface area contributed by atoms with Crippen molar-refractivity contribution < 1.29 is 19.5 Å². The van der Waals surface area contributed by atoms with E-state index in [0.717, 1.165) is 6.42 Å². The summed E-state index contributed by atoms with van der Waals surface area (Å²) < 4.78 is 0. The summed E-state index contributed by atoms with van der Waals surface area (Å²) in [6.07, 6.45) is 0.176. The Morgan fingerprint density at radius 3 is 2.00 bits per heavy atom. The van der Waals surface area contributed by atoms with E-state index in [-0.39, 0.29) is 36.5 Å². The highest BCUT2D eigenvalue weighted by molar-refractivity contribution is 5.93. The number of Topliss-reactive ketones (excluding diaryl/α,β-unsaturated/α-hetero) is 1. The third-order valence-electron chi connectivity index (χ3n) is 4.38. The Morgan fingerprint density at radius 1 is 1.00 bits per heavy atom. The van der Waals surface area contributed by atoms with Crippen LogP contribution in [0.25, 0.3) is 0 Å². The number of aliphatic hydroxyl groups excluding tert-OH is 1. The molecule has 8 nitrogen and oxygen atoms in total. The van der Waals surface area contributed by atoms with Crippen molar-refractivity contribution in [2.75, 3.05) is 13.1 Å². The average molecular weight is 387 g/mol. The largest absolute Gasteiger partial charge is 0.391 e. The molecule has 0 saturated heterocycles. The van der Waals surface area contributed by atoms with E-state index in [2.05, 4.69) is 24.5 Å². The van der Waals surface area contributed by atoms with Gasteiger partial charge in [-0.25, -0.2) is 0 Å². The van der Waals surface area contributed by atoms with Gasteiger partial charge in [-0.2, -0.15) is 0 Å². The van der Waals surface area contributed by atoms with Crippen molar-refractivity contribution in [2.45, 2.75) is 72.1 Å². The number of carbonyl (C=O) groups is 3. The van der Waals surface area contributed by atoms with Gasteiger partial charge in [0.2, 0.25) is 11.8 Å². The summed E-state index contributed by atoms with van der Waals surface area (Å²) in [6.45, 7) is 9.62. The normalized spacial score (nSPS) is 15.9. The molecular weight excluding hydrogens is 348 g/mol. The minimum Gasteiger partial charge on any atom is -0.391 e. The van der Waals surface area contributed by atoms with Gasteiger partial charge in [-0.3, -0.25) is 14.4 Å². The zero-order chi connectivity index (χ0) is 21.1. The Labute approximate surface area is 162 Å². The van der Waals surface area contributed by atoms with Gasteiger partial charge in [0, 0.05) is 12.3 Å². The predicted octanol–water partition coefficient (Wildman–Crippen LogP) is -0.0782. The first-order chi connectivity index (χ1) is 12.5. The minimum absolute atomic E-state index is 0.00946. The summed E-state index contributed by atoms with van der Waals surface area (Å²) in [6, 6.07) is -1.88. The highest BCUT2D eigenvalue weighted by atomic mass is 16.3. The van der Waals surface area contributed by atoms with E-state index in [0.29, 0.717) is 18.9 Å². The monoisotopic (exact) mass is 386 g/mol. The minimum atomic E-state index is -1.14. The van der Waals surface area contributed by atoms with Crippen molar-refractivity contribution in [3.8, 4) is 0 Å². The lowest BCUT2D eigenvalue weighted by Gasteiger charge is -2.26. The van der Waals surface area contributed by atoms with E-state index in [1.54, 1.807) is 13.8 Å². The van der Waals surface area contributed by atoms with Crippen LogP contribution in [0.15, 0.2) is 0 Å². The third kappa shape index (κ3) is 9.83. The molecule has 0 spiro atoms. The third-order valence-corrected chi connectivity index (χ3v) is 4.38. The maximum Gasteiger partial charge on any atom is 0.245 e. The number of nitrogens with one attached hydrogen (secondary N) is 2. The second-order valence-corrected chi connectivity index (χ2v) is 7.92. The van der Waals surface area contributed by atoms with Crippen LogP contribution in [0.4, 0.5) is 0 Å². The number of carbonyl (C=O) groups excluding carboxylic acids is 3. The molecule has 0 saturated carbocycles. The summed E-state index contributed by atoms with van der Waals surface area (Å²) in [4.78, 5) is 37.1. The van der Waals surface area contributed by atoms with Crippen LogP contribution in [0.1, 0.15) is 53.9 Å².